The fraction of sp³-hybridized carbons (Fsp3) is 0.562. The van der Waals surface area contributed by atoms with Gasteiger partial charge in [0.2, 0.25) is 0 Å². The number of ether oxygens (including phenoxy) is 1. The van der Waals surface area contributed by atoms with Gasteiger partial charge in [0, 0.05) is 16.2 Å². The van der Waals surface area contributed by atoms with Gasteiger partial charge in [0.25, 0.3) is 0 Å². The summed E-state index contributed by atoms with van der Waals surface area (Å²) in [5, 5.41) is 13.1. The van der Waals surface area contributed by atoms with Crippen molar-refractivity contribution in [2.45, 2.75) is 55.8 Å². The van der Waals surface area contributed by atoms with Crippen molar-refractivity contribution in [2.75, 3.05) is 7.11 Å². The van der Waals surface area contributed by atoms with E-state index < -0.39 is 5.54 Å². The summed E-state index contributed by atoms with van der Waals surface area (Å²) in [4.78, 5) is 1.17. The first-order chi connectivity index (χ1) is 9.38. The molecule has 110 valence electrons. The molecule has 0 saturated carbocycles. The predicted molar refractivity (Wildman–Crippen MR) is 85.2 cm³/mol. The second kappa shape index (κ2) is 7.56. The second-order valence-corrected chi connectivity index (χ2v) is 7.07. The third kappa shape index (κ3) is 5.44. The van der Waals surface area contributed by atoms with Crippen LogP contribution in [0.5, 0.6) is 5.75 Å². The van der Waals surface area contributed by atoms with E-state index in [9.17, 15) is 5.26 Å². The van der Waals surface area contributed by atoms with Crippen molar-refractivity contribution >= 4 is 11.8 Å². The number of methoxy groups -OCH3 is 1. The highest BCUT2D eigenvalue weighted by Gasteiger charge is 2.27. The summed E-state index contributed by atoms with van der Waals surface area (Å²) in [7, 11) is 1.67. The molecule has 0 radical (unpaired) electrons. The minimum atomic E-state index is -0.487. The van der Waals surface area contributed by atoms with Crippen LogP contribution in [-0.4, -0.2) is 23.9 Å². The molecule has 20 heavy (non-hydrogen) atoms. The molecular formula is C16H24N2OS. The van der Waals surface area contributed by atoms with Gasteiger partial charge in [0.05, 0.1) is 13.2 Å². The molecule has 0 aliphatic heterocycles. The standard InChI is InChI=1S/C16H24N2OS/c1-12(2)18-16(4,11-17)10-13(3)20-15-8-6-7-14(9-15)19-5/h6-9,12-13,18H,10H2,1-5H3. The molecule has 0 aliphatic carbocycles. The van der Waals surface area contributed by atoms with Crippen molar-refractivity contribution in [1.29, 1.82) is 5.26 Å². The van der Waals surface area contributed by atoms with Crippen molar-refractivity contribution < 1.29 is 4.74 Å². The minimum Gasteiger partial charge on any atom is -0.497 e. The van der Waals surface area contributed by atoms with E-state index in [1.165, 1.54) is 4.90 Å². The van der Waals surface area contributed by atoms with Gasteiger partial charge in [-0.25, -0.2) is 0 Å². The maximum atomic E-state index is 9.39. The fourth-order valence-corrected chi connectivity index (χ4v) is 3.52. The summed E-state index contributed by atoms with van der Waals surface area (Å²) in [5.41, 5.74) is -0.487. The van der Waals surface area contributed by atoms with Gasteiger partial charge < -0.3 is 4.74 Å². The maximum Gasteiger partial charge on any atom is 0.119 e. The lowest BCUT2D eigenvalue weighted by molar-refractivity contribution is 0.382. The van der Waals surface area contributed by atoms with Crippen LogP contribution in [0, 0.1) is 11.3 Å². The molecule has 0 saturated heterocycles. The Labute approximate surface area is 126 Å². The topological polar surface area (TPSA) is 45.0 Å². The highest BCUT2D eigenvalue weighted by Crippen LogP contribution is 2.30. The summed E-state index contributed by atoms with van der Waals surface area (Å²) in [6.07, 6.45) is 0.795. The first kappa shape index (κ1) is 16.9. The Balaban J connectivity index is 2.66. The van der Waals surface area contributed by atoms with Gasteiger partial charge in [-0.15, -0.1) is 11.8 Å². The van der Waals surface area contributed by atoms with Crippen LogP contribution in [0.2, 0.25) is 0 Å². The molecule has 0 aromatic heterocycles. The van der Waals surface area contributed by atoms with E-state index in [2.05, 4.69) is 38.2 Å². The molecule has 0 bridgehead atoms. The smallest absolute Gasteiger partial charge is 0.119 e. The summed E-state index contributed by atoms with van der Waals surface area (Å²) < 4.78 is 5.23. The van der Waals surface area contributed by atoms with Gasteiger partial charge in [-0.3, -0.25) is 5.32 Å². The third-order valence-corrected chi connectivity index (χ3v) is 4.02. The van der Waals surface area contributed by atoms with Crippen molar-refractivity contribution in [3.8, 4) is 11.8 Å². The van der Waals surface area contributed by atoms with Crippen LogP contribution in [0.25, 0.3) is 0 Å². The Kier molecular flexibility index (Phi) is 6.38. The maximum absolute atomic E-state index is 9.39. The normalized spacial score (nSPS) is 15.4. The van der Waals surface area contributed by atoms with Gasteiger partial charge in [-0.05, 0) is 45.4 Å². The minimum absolute atomic E-state index is 0.300. The Bertz CT molecular complexity index is 470. The van der Waals surface area contributed by atoms with Crippen LogP contribution in [0.3, 0.4) is 0 Å². The van der Waals surface area contributed by atoms with Gasteiger partial charge in [0.15, 0.2) is 0 Å². The zero-order valence-corrected chi connectivity index (χ0v) is 13.8. The van der Waals surface area contributed by atoms with Gasteiger partial charge in [-0.2, -0.15) is 5.26 Å². The van der Waals surface area contributed by atoms with E-state index in [1.807, 2.05) is 25.1 Å². The van der Waals surface area contributed by atoms with E-state index in [0.29, 0.717) is 11.3 Å². The first-order valence-corrected chi connectivity index (χ1v) is 7.76. The molecule has 1 aromatic rings. The van der Waals surface area contributed by atoms with Gasteiger partial charge in [0.1, 0.15) is 11.3 Å². The molecule has 3 nitrogen and oxygen atoms in total. The van der Waals surface area contributed by atoms with Crippen LogP contribution in [-0.2, 0) is 0 Å². The number of thioether (sulfide) groups is 1. The second-order valence-electron chi connectivity index (χ2n) is 5.55. The van der Waals surface area contributed by atoms with Crippen LogP contribution in [0.1, 0.15) is 34.1 Å². The number of nitrogens with one attached hydrogen (secondary N) is 1. The average molecular weight is 292 g/mol. The number of hydrogen-bond acceptors (Lipinski definition) is 4. The molecule has 1 N–H and O–H groups in total. The van der Waals surface area contributed by atoms with Crippen molar-refractivity contribution in [3.63, 3.8) is 0 Å². The SMILES string of the molecule is COc1cccc(SC(C)CC(C)(C#N)NC(C)C)c1. The summed E-state index contributed by atoms with van der Waals surface area (Å²) in [6.45, 7) is 8.25. The molecule has 1 aromatic carbocycles. The van der Waals surface area contributed by atoms with Crippen LogP contribution in [0.15, 0.2) is 29.2 Å². The Morgan fingerprint density at radius 2 is 2.10 bits per heavy atom. The largest absolute Gasteiger partial charge is 0.497 e. The molecule has 2 atom stereocenters. The van der Waals surface area contributed by atoms with E-state index >= 15 is 0 Å². The number of nitriles is 1. The third-order valence-electron chi connectivity index (χ3n) is 2.93. The van der Waals surface area contributed by atoms with E-state index in [1.54, 1.807) is 18.9 Å². The first-order valence-electron chi connectivity index (χ1n) is 6.88. The highest BCUT2D eigenvalue weighted by molar-refractivity contribution is 7.99. The van der Waals surface area contributed by atoms with Crippen LogP contribution >= 0.6 is 11.8 Å². The lowest BCUT2D eigenvalue weighted by atomic mass is 9.97. The highest BCUT2D eigenvalue weighted by atomic mass is 32.2. The molecule has 2 unspecified atom stereocenters. The molecule has 1 rings (SSSR count). The quantitative estimate of drug-likeness (QED) is 0.775. The van der Waals surface area contributed by atoms with Crippen molar-refractivity contribution in [2.24, 2.45) is 0 Å². The van der Waals surface area contributed by atoms with E-state index in [4.69, 9.17) is 4.74 Å². The fourth-order valence-electron chi connectivity index (χ4n) is 2.30. The summed E-state index contributed by atoms with van der Waals surface area (Å²) in [6, 6.07) is 10.7. The van der Waals surface area contributed by atoms with E-state index in [-0.39, 0.29) is 0 Å². The van der Waals surface area contributed by atoms with Crippen LogP contribution in [0.4, 0.5) is 0 Å². The van der Waals surface area contributed by atoms with Crippen molar-refractivity contribution in [1.82, 2.24) is 5.32 Å². The van der Waals surface area contributed by atoms with Crippen LogP contribution < -0.4 is 10.1 Å². The molecule has 0 amide bonds. The zero-order chi connectivity index (χ0) is 15.2. The van der Waals surface area contributed by atoms with E-state index in [0.717, 1.165) is 12.2 Å². The lowest BCUT2D eigenvalue weighted by Gasteiger charge is -2.28. The molecule has 0 aliphatic rings. The van der Waals surface area contributed by atoms with Gasteiger partial charge in [-0.1, -0.05) is 13.0 Å². The predicted octanol–water partition coefficient (Wildman–Crippen LogP) is 3.85. The molecule has 0 fully saturated rings. The molecule has 0 heterocycles. The summed E-state index contributed by atoms with van der Waals surface area (Å²) >= 11 is 1.77. The Morgan fingerprint density at radius 3 is 2.65 bits per heavy atom. The average Bonchev–Trinajstić information content (AvgIpc) is 2.37. The molecular weight excluding hydrogens is 268 g/mol. The van der Waals surface area contributed by atoms with Gasteiger partial charge >= 0.3 is 0 Å². The zero-order valence-electron chi connectivity index (χ0n) is 12.9. The number of hydrogen-bond donors (Lipinski definition) is 1. The summed E-state index contributed by atoms with van der Waals surface area (Å²) in [5.74, 6) is 0.866. The number of rotatable bonds is 7. The molecule has 0 spiro atoms. The Morgan fingerprint density at radius 1 is 1.40 bits per heavy atom. The lowest BCUT2D eigenvalue weighted by Crippen LogP contribution is -2.46. The number of nitrogens with zero attached hydrogens (tertiary/aromatic N) is 1. The monoisotopic (exact) mass is 292 g/mol. The van der Waals surface area contributed by atoms with Crippen molar-refractivity contribution in [3.05, 3.63) is 24.3 Å². The molecule has 4 heteroatoms. The Hall–Kier alpha value is -1.18. The number of benzene rings is 1.